The third-order valence-electron chi connectivity index (χ3n) is 3.84. The fourth-order valence-corrected chi connectivity index (χ4v) is 3.02. The lowest BCUT2D eigenvalue weighted by Gasteiger charge is -2.24. The summed E-state index contributed by atoms with van der Waals surface area (Å²) >= 11 is 6.23. The van der Waals surface area contributed by atoms with Gasteiger partial charge in [0.2, 0.25) is 0 Å². The zero-order valence-electron chi connectivity index (χ0n) is 11.4. The Labute approximate surface area is 128 Å². The van der Waals surface area contributed by atoms with Crippen molar-refractivity contribution in [2.75, 3.05) is 11.4 Å². The first-order chi connectivity index (χ1) is 10.3. The van der Waals surface area contributed by atoms with Gasteiger partial charge in [-0.15, -0.1) is 0 Å². The summed E-state index contributed by atoms with van der Waals surface area (Å²) in [7, 11) is 0. The number of fused-ring (bicyclic) bond motifs is 3. The molecule has 0 radical (unpaired) electrons. The maximum atomic E-state index is 6.23. The van der Waals surface area contributed by atoms with Gasteiger partial charge in [-0.25, -0.2) is 4.68 Å². The van der Waals surface area contributed by atoms with Crippen molar-refractivity contribution in [1.82, 2.24) is 9.78 Å². The Bertz CT molecular complexity index is 780. The predicted octanol–water partition coefficient (Wildman–Crippen LogP) is 4.22. The Balaban J connectivity index is 1.93. The summed E-state index contributed by atoms with van der Waals surface area (Å²) in [6.07, 6.45) is 2.80. The van der Waals surface area contributed by atoms with E-state index in [2.05, 4.69) is 40.3 Å². The van der Waals surface area contributed by atoms with E-state index in [9.17, 15) is 0 Å². The lowest BCUT2D eigenvalue weighted by atomic mass is 10.2. The minimum Gasteiger partial charge on any atom is -0.339 e. The van der Waals surface area contributed by atoms with Crippen LogP contribution in [0.2, 0.25) is 5.02 Å². The van der Waals surface area contributed by atoms with Crippen LogP contribution in [0.1, 0.15) is 5.69 Å². The van der Waals surface area contributed by atoms with E-state index in [4.69, 9.17) is 11.6 Å². The fourth-order valence-electron chi connectivity index (χ4n) is 2.85. The molecule has 0 atom stereocenters. The Kier molecular flexibility index (Phi) is 2.93. The summed E-state index contributed by atoms with van der Waals surface area (Å²) in [6.45, 7) is 0.906. The van der Waals surface area contributed by atoms with E-state index >= 15 is 0 Å². The molecule has 0 unspecified atom stereocenters. The fraction of sp³-hybridized carbons (Fsp3) is 0.118. The third kappa shape index (κ3) is 2.10. The highest BCUT2D eigenvalue weighted by atomic mass is 35.5. The number of rotatable bonds is 1. The molecule has 0 bridgehead atoms. The van der Waals surface area contributed by atoms with Crippen molar-refractivity contribution in [3.8, 4) is 5.69 Å². The molecule has 0 aliphatic carbocycles. The van der Waals surface area contributed by atoms with Gasteiger partial charge < -0.3 is 4.90 Å². The number of aromatic nitrogens is 2. The highest BCUT2D eigenvalue weighted by molar-refractivity contribution is 6.31. The summed E-state index contributed by atoms with van der Waals surface area (Å²) < 4.78 is 2.01. The monoisotopic (exact) mass is 295 g/mol. The molecule has 2 heterocycles. The van der Waals surface area contributed by atoms with Crippen molar-refractivity contribution in [3.05, 3.63) is 71.5 Å². The van der Waals surface area contributed by atoms with Gasteiger partial charge in [-0.05, 0) is 36.4 Å². The Morgan fingerprint density at radius 3 is 2.67 bits per heavy atom. The standard InChI is InChI=1S/C17H14ClN3/c18-13-6-7-16-17(12-13)20(14-4-2-1-3-5-14)11-9-15-8-10-19-21(15)16/h1-8,10,12H,9,11H2. The van der Waals surface area contributed by atoms with Gasteiger partial charge in [0.1, 0.15) is 0 Å². The maximum Gasteiger partial charge on any atom is 0.0886 e. The molecule has 21 heavy (non-hydrogen) atoms. The zero-order valence-corrected chi connectivity index (χ0v) is 12.2. The first-order valence-electron chi connectivity index (χ1n) is 6.98. The molecule has 0 saturated carbocycles. The van der Waals surface area contributed by atoms with Crippen molar-refractivity contribution in [2.45, 2.75) is 6.42 Å². The first kappa shape index (κ1) is 12.5. The van der Waals surface area contributed by atoms with Gasteiger partial charge in [0.05, 0.1) is 11.4 Å². The highest BCUT2D eigenvalue weighted by Crippen LogP contribution is 2.35. The average Bonchev–Trinajstić information content (AvgIpc) is 2.92. The van der Waals surface area contributed by atoms with Crippen molar-refractivity contribution in [2.24, 2.45) is 0 Å². The van der Waals surface area contributed by atoms with E-state index < -0.39 is 0 Å². The normalized spacial score (nSPS) is 13.5. The van der Waals surface area contributed by atoms with E-state index in [-0.39, 0.29) is 0 Å². The average molecular weight is 296 g/mol. The van der Waals surface area contributed by atoms with Crippen molar-refractivity contribution in [3.63, 3.8) is 0 Å². The van der Waals surface area contributed by atoms with Crippen LogP contribution in [-0.2, 0) is 6.42 Å². The lowest BCUT2D eigenvalue weighted by Crippen LogP contribution is -2.19. The summed E-state index contributed by atoms with van der Waals surface area (Å²) in [6, 6.07) is 18.4. The Morgan fingerprint density at radius 2 is 1.81 bits per heavy atom. The topological polar surface area (TPSA) is 21.1 Å². The largest absolute Gasteiger partial charge is 0.339 e. The van der Waals surface area contributed by atoms with Gasteiger partial charge in [-0.1, -0.05) is 29.8 Å². The molecular weight excluding hydrogens is 282 g/mol. The van der Waals surface area contributed by atoms with Gasteiger partial charge in [-0.3, -0.25) is 0 Å². The molecule has 0 spiro atoms. The minimum absolute atomic E-state index is 0.741. The number of hydrogen-bond acceptors (Lipinski definition) is 2. The zero-order chi connectivity index (χ0) is 14.2. The second-order valence-electron chi connectivity index (χ2n) is 5.10. The molecule has 1 aromatic heterocycles. The third-order valence-corrected chi connectivity index (χ3v) is 4.07. The lowest BCUT2D eigenvalue weighted by molar-refractivity contribution is 0.813. The molecule has 0 N–H and O–H groups in total. The highest BCUT2D eigenvalue weighted by Gasteiger charge is 2.21. The van der Waals surface area contributed by atoms with Crippen LogP contribution in [0, 0.1) is 0 Å². The van der Waals surface area contributed by atoms with Crippen LogP contribution in [0.3, 0.4) is 0 Å². The predicted molar refractivity (Wildman–Crippen MR) is 85.7 cm³/mol. The van der Waals surface area contributed by atoms with Crippen LogP contribution < -0.4 is 4.90 Å². The molecule has 3 nitrogen and oxygen atoms in total. The van der Waals surface area contributed by atoms with Crippen molar-refractivity contribution < 1.29 is 0 Å². The van der Waals surface area contributed by atoms with Gasteiger partial charge in [0, 0.05) is 35.6 Å². The summed E-state index contributed by atoms with van der Waals surface area (Å²) in [5.41, 5.74) is 4.56. The molecule has 0 fully saturated rings. The molecule has 0 saturated heterocycles. The number of anilines is 2. The van der Waals surface area contributed by atoms with E-state index in [0.717, 1.165) is 29.4 Å². The SMILES string of the molecule is Clc1ccc2c(c1)N(c1ccccc1)CCc1ccnn1-2. The molecule has 104 valence electrons. The smallest absolute Gasteiger partial charge is 0.0886 e. The maximum absolute atomic E-state index is 6.23. The van der Waals surface area contributed by atoms with E-state index in [1.165, 1.54) is 11.4 Å². The molecule has 3 aromatic rings. The van der Waals surface area contributed by atoms with Gasteiger partial charge in [0.15, 0.2) is 0 Å². The Hall–Kier alpha value is -2.26. The number of benzene rings is 2. The number of halogens is 1. The van der Waals surface area contributed by atoms with Crippen molar-refractivity contribution >= 4 is 23.0 Å². The van der Waals surface area contributed by atoms with Crippen LogP contribution in [-0.4, -0.2) is 16.3 Å². The minimum atomic E-state index is 0.741. The molecule has 1 aliphatic rings. The van der Waals surface area contributed by atoms with Crippen LogP contribution in [0.25, 0.3) is 5.69 Å². The second kappa shape index (κ2) is 4.93. The molecule has 2 aromatic carbocycles. The molecule has 4 rings (SSSR count). The van der Waals surface area contributed by atoms with E-state index in [1.807, 2.05) is 35.1 Å². The molecule has 1 aliphatic heterocycles. The van der Waals surface area contributed by atoms with Crippen LogP contribution >= 0.6 is 11.6 Å². The molecule has 0 amide bonds. The number of hydrogen-bond donors (Lipinski definition) is 0. The molecular formula is C17H14ClN3. The van der Waals surface area contributed by atoms with Gasteiger partial charge in [-0.2, -0.15) is 5.10 Å². The van der Waals surface area contributed by atoms with E-state index in [1.54, 1.807) is 0 Å². The van der Waals surface area contributed by atoms with Crippen molar-refractivity contribution in [1.29, 1.82) is 0 Å². The number of nitrogens with zero attached hydrogens (tertiary/aromatic N) is 3. The quantitative estimate of drug-likeness (QED) is 0.670. The summed E-state index contributed by atoms with van der Waals surface area (Å²) in [5, 5.41) is 5.20. The summed E-state index contributed by atoms with van der Waals surface area (Å²) in [5.74, 6) is 0. The van der Waals surface area contributed by atoms with Crippen LogP contribution in [0.5, 0.6) is 0 Å². The second-order valence-corrected chi connectivity index (χ2v) is 5.54. The van der Waals surface area contributed by atoms with Gasteiger partial charge >= 0.3 is 0 Å². The van der Waals surface area contributed by atoms with Crippen LogP contribution in [0.4, 0.5) is 11.4 Å². The van der Waals surface area contributed by atoms with E-state index in [0.29, 0.717) is 0 Å². The number of para-hydroxylation sites is 1. The Morgan fingerprint density at radius 1 is 0.952 bits per heavy atom. The first-order valence-corrected chi connectivity index (χ1v) is 7.36. The van der Waals surface area contributed by atoms with Crippen LogP contribution in [0.15, 0.2) is 60.8 Å². The summed E-state index contributed by atoms with van der Waals surface area (Å²) in [4.78, 5) is 2.30. The molecule has 4 heteroatoms. The van der Waals surface area contributed by atoms with Gasteiger partial charge in [0.25, 0.3) is 0 Å².